The lowest BCUT2D eigenvalue weighted by Crippen LogP contribution is -2.33. The topological polar surface area (TPSA) is 102 Å². The van der Waals surface area contributed by atoms with E-state index in [9.17, 15) is 9.59 Å². The van der Waals surface area contributed by atoms with Crippen molar-refractivity contribution in [1.29, 1.82) is 0 Å². The molecule has 0 aliphatic carbocycles. The number of hydrogen-bond donors (Lipinski definition) is 2. The third-order valence-corrected chi connectivity index (χ3v) is 3.58. The molecule has 0 spiro atoms. The van der Waals surface area contributed by atoms with E-state index in [1.165, 1.54) is 16.9 Å². The molecule has 0 bridgehead atoms. The molecular formula is C15H21N5O3. The standard InChI is InChI=1S/C15H21N5O3/c1-10-9-11(2)19(18-10)8-4-6-16-14(21)12(3)20-13(15(22)23)5-7-17-20/h5,7,9,12H,4,6,8H2,1-3H3,(H,16,21)(H,22,23). The number of aromatic carboxylic acids is 1. The van der Waals surface area contributed by atoms with Gasteiger partial charge in [-0.05, 0) is 39.3 Å². The third kappa shape index (κ3) is 3.97. The summed E-state index contributed by atoms with van der Waals surface area (Å²) in [6, 6.07) is 2.70. The molecule has 2 aromatic rings. The molecule has 0 radical (unpaired) electrons. The second-order valence-corrected chi connectivity index (χ2v) is 5.44. The zero-order valence-corrected chi connectivity index (χ0v) is 13.5. The molecule has 1 amide bonds. The first-order valence-corrected chi connectivity index (χ1v) is 7.45. The van der Waals surface area contributed by atoms with Crippen LogP contribution < -0.4 is 5.32 Å². The molecule has 2 N–H and O–H groups in total. The number of carbonyl (C=O) groups is 2. The fraction of sp³-hybridized carbons (Fsp3) is 0.467. The third-order valence-electron chi connectivity index (χ3n) is 3.58. The summed E-state index contributed by atoms with van der Waals surface area (Å²) in [6.45, 7) is 6.76. The number of carboxylic acid groups (broad SMARTS) is 1. The lowest BCUT2D eigenvalue weighted by Gasteiger charge is -2.14. The Morgan fingerprint density at radius 1 is 1.39 bits per heavy atom. The van der Waals surface area contributed by atoms with Crippen molar-refractivity contribution in [2.24, 2.45) is 0 Å². The summed E-state index contributed by atoms with van der Waals surface area (Å²) in [4.78, 5) is 23.2. The van der Waals surface area contributed by atoms with E-state index in [1.54, 1.807) is 6.92 Å². The molecular weight excluding hydrogens is 298 g/mol. The summed E-state index contributed by atoms with van der Waals surface area (Å²) in [5, 5.41) is 20.1. The number of nitrogens with zero attached hydrogens (tertiary/aromatic N) is 4. The minimum Gasteiger partial charge on any atom is -0.477 e. The highest BCUT2D eigenvalue weighted by Crippen LogP contribution is 2.09. The Morgan fingerprint density at radius 2 is 2.13 bits per heavy atom. The normalized spacial score (nSPS) is 12.1. The summed E-state index contributed by atoms with van der Waals surface area (Å²) in [6.07, 6.45) is 2.11. The van der Waals surface area contributed by atoms with Gasteiger partial charge >= 0.3 is 5.97 Å². The molecule has 2 rings (SSSR count). The molecule has 0 fully saturated rings. The van der Waals surface area contributed by atoms with Crippen LogP contribution in [-0.2, 0) is 11.3 Å². The average molecular weight is 319 g/mol. The molecule has 0 aliphatic heterocycles. The number of carboxylic acids is 1. The second kappa shape index (κ2) is 7.08. The van der Waals surface area contributed by atoms with E-state index in [0.717, 1.165) is 24.4 Å². The van der Waals surface area contributed by atoms with Crippen molar-refractivity contribution in [2.45, 2.75) is 39.8 Å². The molecule has 23 heavy (non-hydrogen) atoms. The zero-order chi connectivity index (χ0) is 17.0. The predicted octanol–water partition coefficient (Wildman–Crippen LogP) is 1.16. The summed E-state index contributed by atoms with van der Waals surface area (Å²) in [5.74, 6) is -1.36. The molecule has 2 heterocycles. The van der Waals surface area contributed by atoms with Gasteiger partial charge in [-0.15, -0.1) is 0 Å². The molecule has 0 aromatic carbocycles. The smallest absolute Gasteiger partial charge is 0.354 e. The number of aromatic nitrogens is 4. The van der Waals surface area contributed by atoms with E-state index < -0.39 is 12.0 Å². The van der Waals surface area contributed by atoms with Crippen LogP contribution in [0.5, 0.6) is 0 Å². The quantitative estimate of drug-likeness (QED) is 0.746. The molecule has 8 nitrogen and oxygen atoms in total. The number of nitrogens with one attached hydrogen (secondary N) is 1. The van der Waals surface area contributed by atoms with Gasteiger partial charge in [0.1, 0.15) is 11.7 Å². The van der Waals surface area contributed by atoms with Crippen molar-refractivity contribution < 1.29 is 14.7 Å². The van der Waals surface area contributed by atoms with Gasteiger partial charge in [0.05, 0.1) is 5.69 Å². The van der Waals surface area contributed by atoms with Crippen molar-refractivity contribution in [3.63, 3.8) is 0 Å². The second-order valence-electron chi connectivity index (χ2n) is 5.44. The van der Waals surface area contributed by atoms with E-state index in [1.807, 2.05) is 24.6 Å². The van der Waals surface area contributed by atoms with Crippen LogP contribution in [0.3, 0.4) is 0 Å². The first kappa shape index (κ1) is 16.7. The summed E-state index contributed by atoms with van der Waals surface area (Å²) < 4.78 is 3.11. The largest absolute Gasteiger partial charge is 0.477 e. The van der Waals surface area contributed by atoms with Gasteiger partial charge < -0.3 is 10.4 Å². The number of aryl methyl sites for hydroxylation is 3. The first-order chi connectivity index (χ1) is 10.9. The van der Waals surface area contributed by atoms with E-state index in [2.05, 4.69) is 15.5 Å². The fourth-order valence-corrected chi connectivity index (χ4v) is 2.39. The maximum atomic E-state index is 12.1. The molecule has 0 saturated heterocycles. The van der Waals surface area contributed by atoms with Crippen LogP contribution in [0.15, 0.2) is 18.3 Å². The fourth-order valence-electron chi connectivity index (χ4n) is 2.39. The Bertz CT molecular complexity index is 704. The van der Waals surface area contributed by atoms with Crippen molar-refractivity contribution in [3.8, 4) is 0 Å². The van der Waals surface area contributed by atoms with Gasteiger partial charge in [0.2, 0.25) is 5.91 Å². The maximum absolute atomic E-state index is 12.1. The van der Waals surface area contributed by atoms with Gasteiger partial charge in [-0.2, -0.15) is 10.2 Å². The van der Waals surface area contributed by atoms with E-state index in [0.29, 0.717) is 6.54 Å². The number of carbonyl (C=O) groups excluding carboxylic acids is 1. The van der Waals surface area contributed by atoms with Crippen LogP contribution >= 0.6 is 0 Å². The van der Waals surface area contributed by atoms with Crippen molar-refractivity contribution >= 4 is 11.9 Å². The molecule has 1 atom stereocenters. The predicted molar refractivity (Wildman–Crippen MR) is 83.2 cm³/mol. The number of rotatable bonds is 7. The van der Waals surface area contributed by atoms with E-state index in [4.69, 9.17) is 5.11 Å². The van der Waals surface area contributed by atoms with Crippen molar-refractivity contribution in [1.82, 2.24) is 24.9 Å². The molecule has 0 saturated carbocycles. The van der Waals surface area contributed by atoms with Crippen LogP contribution in [0.25, 0.3) is 0 Å². The van der Waals surface area contributed by atoms with Gasteiger partial charge in [0.15, 0.2) is 0 Å². The monoisotopic (exact) mass is 319 g/mol. The van der Waals surface area contributed by atoms with Crippen LogP contribution in [0, 0.1) is 13.8 Å². The summed E-state index contributed by atoms with van der Waals surface area (Å²) >= 11 is 0. The van der Waals surface area contributed by atoms with Crippen LogP contribution in [-0.4, -0.2) is 43.1 Å². The van der Waals surface area contributed by atoms with Gasteiger partial charge in [0.25, 0.3) is 0 Å². The minimum absolute atomic E-state index is 0.00436. The SMILES string of the molecule is Cc1cc(C)n(CCCNC(=O)C(C)n2nccc2C(=O)O)n1. The van der Waals surface area contributed by atoms with Gasteiger partial charge in [-0.1, -0.05) is 0 Å². The Labute approximate surface area is 134 Å². The van der Waals surface area contributed by atoms with Gasteiger partial charge in [0, 0.05) is 25.0 Å². The molecule has 124 valence electrons. The molecule has 8 heteroatoms. The van der Waals surface area contributed by atoms with E-state index >= 15 is 0 Å². The van der Waals surface area contributed by atoms with Crippen LogP contribution in [0.4, 0.5) is 0 Å². The Hall–Kier alpha value is -2.64. The lowest BCUT2D eigenvalue weighted by atomic mass is 10.3. The van der Waals surface area contributed by atoms with Gasteiger partial charge in [-0.25, -0.2) is 9.48 Å². The van der Waals surface area contributed by atoms with Crippen LogP contribution in [0.1, 0.15) is 41.3 Å². The number of hydrogen-bond acceptors (Lipinski definition) is 4. The van der Waals surface area contributed by atoms with Crippen molar-refractivity contribution in [3.05, 3.63) is 35.4 Å². The average Bonchev–Trinajstić information content (AvgIpc) is 3.09. The minimum atomic E-state index is -1.10. The molecule has 0 aliphatic rings. The molecule has 1 unspecified atom stereocenters. The Balaban J connectivity index is 1.83. The first-order valence-electron chi connectivity index (χ1n) is 7.45. The number of amides is 1. The van der Waals surface area contributed by atoms with E-state index in [-0.39, 0.29) is 11.6 Å². The maximum Gasteiger partial charge on any atom is 0.354 e. The summed E-state index contributed by atoms with van der Waals surface area (Å²) in [5.41, 5.74) is 2.06. The zero-order valence-electron chi connectivity index (χ0n) is 13.5. The van der Waals surface area contributed by atoms with Crippen LogP contribution in [0.2, 0.25) is 0 Å². The highest BCUT2D eigenvalue weighted by atomic mass is 16.4. The lowest BCUT2D eigenvalue weighted by molar-refractivity contribution is -0.124. The Kier molecular flexibility index (Phi) is 5.15. The summed E-state index contributed by atoms with van der Waals surface area (Å²) in [7, 11) is 0. The molecule has 2 aromatic heterocycles. The highest BCUT2D eigenvalue weighted by Gasteiger charge is 2.20. The van der Waals surface area contributed by atoms with Crippen molar-refractivity contribution in [2.75, 3.05) is 6.54 Å². The Morgan fingerprint density at radius 3 is 2.74 bits per heavy atom. The van der Waals surface area contributed by atoms with Gasteiger partial charge in [-0.3, -0.25) is 9.48 Å². The highest BCUT2D eigenvalue weighted by molar-refractivity contribution is 5.87.